The number of amides is 2. The highest BCUT2D eigenvalue weighted by Crippen LogP contribution is 2.44. The van der Waals surface area contributed by atoms with E-state index in [9.17, 15) is 19.5 Å². The second-order valence-corrected chi connectivity index (χ2v) is 10.2. The molecule has 184 valence electrons. The van der Waals surface area contributed by atoms with Gasteiger partial charge in [0, 0.05) is 12.0 Å². The summed E-state index contributed by atoms with van der Waals surface area (Å²) in [5.74, 6) is -1.46. The van der Waals surface area contributed by atoms with E-state index in [1.807, 2.05) is 24.3 Å². The van der Waals surface area contributed by atoms with Gasteiger partial charge in [-0.1, -0.05) is 61.4 Å². The number of rotatable bonds is 7. The zero-order valence-electron chi connectivity index (χ0n) is 19.8. The van der Waals surface area contributed by atoms with Crippen LogP contribution in [0, 0.1) is 5.92 Å². The van der Waals surface area contributed by atoms with Crippen molar-refractivity contribution in [3.63, 3.8) is 0 Å². The topological polar surface area (TPSA) is 105 Å². The number of carbonyl (C=O) groups is 3. The zero-order chi connectivity index (χ0) is 24.4. The van der Waals surface area contributed by atoms with Crippen molar-refractivity contribution in [1.82, 2.24) is 10.6 Å². The molecule has 0 aromatic heterocycles. The van der Waals surface area contributed by atoms with Crippen LogP contribution in [0.5, 0.6) is 0 Å². The molecule has 3 N–H and O–H groups in total. The Morgan fingerprint density at radius 1 is 0.914 bits per heavy atom. The number of hydrogen-bond donors (Lipinski definition) is 3. The molecule has 2 aromatic rings. The molecule has 7 heteroatoms. The number of ether oxygens (including phenoxy) is 1. The number of hydrogen-bond acceptors (Lipinski definition) is 4. The standard InChI is InChI=1S/C28H32N2O5/c31-25(32)16-28(14-7-15-28)30-26(33)22-12-5-6-13-24(22)29-27(34)35-17-23-20-10-3-1-8-18(20)19-9-2-4-11-21(19)23/h1-4,8-11,22-24H,5-7,12-17H2,(H,29,34)(H,30,33)(H,31,32). The molecule has 0 radical (unpaired) electrons. The van der Waals surface area contributed by atoms with Crippen molar-refractivity contribution in [3.05, 3.63) is 59.7 Å². The summed E-state index contributed by atoms with van der Waals surface area (Å²) in [4.78, 5) is 37.2. The van der Waals surface area contributed by atoms with Crippen LogP contribution in [0.3, 0.4) is 0 Å². The summed E-state index contributed by atoms with van der Waals surface area (Å²) in [6, 6.07) is 16.1. The highest BCUT2D eigenvalue weighted by atomic mass is 16.5. The molecule has 7 nitrogen and oxygen atoms in total. The lowest BCUT2D eigenvalue weighted by atomic mass is 9.73. The highest BCUT2D eigenvalue weighted by molar-refractivity contribution is 5.82. The molecule has 2 unspecified atom stereocenters. The van der Waals surface area contributed by atoms with Crippen LogP contribution in [0.2, 0.25) is 0 Å². The van der Waals surface area contributed by atoms with Gasteiger partial charge in [0.05, 0.1) is 17.9 Å². The second-order valence-electron chi connectivity index (χ2n) is 10.2. The normalized spacial score (nSPS) is 22.3. The minimum absolute atomic E-state index is 0.0203. The first-order valence-electron chi connectivity index (χ1n) is 12.6. The summed E-state index contributed by atoms with van der Waals surface area (Å²) in [6.45, 7) is 0.227. The Bertz CT molecular complexity index is 1080. The lowest BCUT2D eigenvalue weighted by Gasteiger charge is -2.43. The Labute approximate surface area is 205 Å². The first-order valence-corrected chi connectivity index (χ1v) is 12.6. The quantitative estimate of drug-likeness (QED) is 0.542. The maximum atomic E-state index is 13.1. The average Bonchev–Trinajstić information content (AvgIpc) is 3.15. The van der Waals surface area contributed by atoms with Crippen molar-refractivity contribution in [2.24, 2.45) is 5.92 Å². The van der Waals surface area contributed by atoms with Crippen LogP contribution in [0.4, 0.5) is 4.79 Å². The van der Waals surface area contributed by atoms with E-state index in [0.717, 1.165) is 30.4 Å². The predicted octanol–water partition coefficient (Wildman–Crippen LogP) is 4.60. The van der Waals surface area contributed by atoms with Crippen LogP contribution in [0.25, 0.3) is 11.1 Å². The van der Waals surface area contributed by atoms with Gasteiger partial charge in [-0.05, 0) is 54.4 Å². The van der Waals surface area contributed by atoms with Crippen molar-refractivity contribution in [2.75, 3.05) is 6.61 Å². The molecule has 2 saturated carbocycles. The number of benzene rings is 2. The van der Waals surface area contributed by atoms with E-state index >= 15 is 0 Å². The van der Waals surface area contributed by atoms with Gasteiger partial charge in [-0.3, -0.25) is 9.59 Å². The second kappa shape index (κ2) is 9.72. The molecule has 2 fully saturated rings. The Morgan fingerprint density at radius 2 is 1.54 bits per heavy atom. The average molecular weight is 477 g/mol. The number of fused-ring (bicyclic) bond motifs is 3. The minimum atomic E-state index is -0.901. The van der Waals surface area contributed by atoms with Crippen LogP contribution < -0.4 is 10.6 Å². The molecule has 0 spiro atoms. The first kappa shape index (κ1) is 23.4. The number of alkyl carbamates (subject to hydrolysis) is 1. The molecular weight excluding hydrogens is 444 g/mol. The van der Waals surface area contributed by atoms with E-state index in [2.05, 4.69) is 34.9 Å². The van der Waals surface area contributed by atoms with Gasteiger partial charge >= 0.3 is 12.1 Å². The zero-order valence-corrected chi connectivity index (χ0v) is 19.8. The Kier molecular flexibility index (Phi) is 6.50. The number of nitrogens with one attached hydrogen (secondary N) is 2. The van der Waals surface area contributed by atoms with Gasteiger partial charge in [-0.25, -0.2) is 4.79 Å². The first-order chi connectivity index (χ1) is 17.0. The predicted molar refractivity (Wildman–Crippen MR) is 131 cm³/mol. The highest BCUT2D eigenvalue weighted by Gasteiger charge is 2.43. The van der Waals surface area contributed by atoms with Crippen molar-refractivity contribution in [3.8, 4) is 11.1 Å². The van der Waals surface area contributed by atoms with Crippen molar-refractivity contribution in [1.29, 1.82) is 0 Å². The number of carbonyl (C=O) groups excluding carboxylic acids is 2. The summed E-state index contributed by atoms with van der Waals surface area (Å²) in [5, 5.41) is 15.2. The molecule has 3 aliphatic rings. The van der Waals surface area contributed by atoms with Crippen LogP contribution in [-0.4, -0.2) is 41.3 Å². The summed E-state index contributed by atoms with van der Waals surface area (Å²) in [5.41, 5.74) is 4.01. The fourth-order valence-corrected chi connectivity index (χ4v) is 6.00. The number of carboxylic acid groups (broad SMARTS) is 1. The van der Waals surface area contributed by atoms with Crippen molar-refractivity contribution in [2.45, 2.75) is 68.9 Å². The van der Waals surface area contributed by atoms with E-state index < -0.39 is 17.6 Å². The summed E-state index contributed by atoms with van der Waals surface area (Å²) >= 11 is 0. The molecular formula is C28H32N2O5. The third-order valence-electron chi connectivity index (χ3n) is 7.94. The molecule has 3 aliphatic carbocycles. The van der Waals surface area contributed by atoms with Crippen LogP contribution in [0.15, 0.2) is 48.5 Å². The van der Waals surface area contributed by atoms with E-state index in [0.29, 0.717) is 25.7 Å². The third kappa shape index (κ3) is 4.77. The fourth-order valence-electron chi connectivity index (χ4n) is 6.00. The van der Waals surface area contributed by atoms with Gasteiger partial charge in [-0.2, -0.15) is 0 Å². The molecule has 0 bridgehead atoms. The third-order valence-corrected chi connectivity index (χ3v) is 7.94. The maximum Gasteiger partial charge on any atom is 0.407 e. The lowest BCUT2D eigenvalue weighted by Crippen LogP contribution is -2.58. The van der Waals surface area contributed by atoms with Crippen LogP contribution >= 0.6 is 0 Å². The summed E-state index contributed by atoms with van der Waals surface area (Å²) in [7, 11) is 0. The van der Waals surface area contributed by atoms with Crippen LogP contribution in [0.1, 0.15) is 68.4 Å². The van der Waals surface area contributed by atoms with Gasteiger partial charge in [0.15, 0.2) is 0 Å². The molecule has 0 saturated heterocycles. The number of carboxylic acids is 1. The number of aliphatic carboxylic acids is 1. The maximum absolute atomic E-state index is 13.1. The molecule has 2 atom stereocenters. The van der Waals surface area contributed by atoms with Gasteiger partial charge in [0.2, 0.25) is 5.91 Å². The monoisotopic (exact) mass is 476 g/mol. The molecule has 5 rings (SSSR count). The Balaban J connectivity index is 1.21. The van der Waals surface area contributed by atoms with E-state index in [-0.39, 0.29) is 36.8 Å². The van der Waals surface area contributed by atoms with Gasteiger partial charge in [0.1, 0.15) is 6.61 Å². The fraction of sp³-hybridized carbons (Fsp3) is 0.464. The summed E-state index contributed by atoms with van der Waals surface area (Å²) < 4.78 is 5.70. The smallest absolute Gasteiger partial charge is 0.407 e. The molecule has 0 aliphatic heterocycles. The Morgan fingerprint density at radius 3 is 2.14 bits per heavy atom. The van der Waals surface area contributed by atoms with Gasteiger partial charge in [0.25, 0.3) is 0 Å². The minimum Gasteiger partial charge on any atom is -0.481 e. The van der Waals surface area contributed by atoms with Gasteiger partial charge < -0.3 is 20.5 Å². The summed E-state index contributed by atoms with van der Waals surface area (Å²) in [6.07, 6.45) is 4.92. The van der Waals surface area contributed by atoms with Crippen molar-refractivity contribution < 1.29 is 24.2 Å². The SMILES string of the molecule is O=C(O)CC1(NC(=O)C2CCCCC2NC(=O)OCC2c3ccccc3-c3ccccc32)CCC1. The van der Waals surface area contributed by atoms with E-state index in [1.54, 1.807) is 0 Å². The van der Waals surface area contributed by atoms with Gasteiger partial charge in [-0.15, -0.1) is 0 Å². The largest absolute Gasteiger partial charge is 0.481 e. The Hall–Kier alpha value is -3.35. The van der Waals surface area contributed by atoms with Crippen LogP contribution in [-0.2, 0) is 14.3 Å². The molecule has 2 amide bonds. The lowest BCUT2D eigenvalue weighted by molar-refractivity contribution is -0.141. The molecule has 2 aromatic carbocycles. The van der Waals surface area contributed by atoms with Crippen molar-refractivity contribution >= 4 is 18.0 Å². The van der Waals surface area contributed by atoms with E-state index in [1.165, 1.54) is 11.1 Å². The molecule has 0 heterocycles. The molecule has 35 heavy (non-hydrogen) atoms. The van der Waals surface area contributed by atoms with E-state index in [4.69, 9.17) is 4.74 Å².